The molecule has 10 heteroatoms. The average molecular weight is 770 g/mol. The first-order valence-electron chi connectivity index (χ1n) is 15.2. The highest BCUT2D eigenvalue weighted by Gasteiger charge is 2.37. The van der Waals surface area contributed by atoms with Crippen LogP contribution in [0, 0.1) is 6.92 Å². The first-order chi connectivity index (χ1) is 23.2. The Hall–Kier alpha value is -4.93. The smallest absolute Gasteiger partial charge is 0.335 e. The van der Waals surface area contributed by atoms with Gasteiger partial charge in [0.25, 0.3) is 11.8 Å². The third-order valence-corrected chi connectivity index (χ3v) is 8.91. The molecule has 0 bridgehead atoms. The van der Waals surface area contributed by atoms with Crippen LogP contribution in [0.5, 0.6) is 17.2 Å². The molecule has 1 N–H and O–H groups in total. The normalized spacial score (nSPS) is 14.0. The fourth-order valence-electron chi connectivity index (χ4n) is 5.35. The number of ether oxygens (including phenoxy) is 3. The first kappa shape index (κ1) is 33.0. The number of anilines is 1. The van der Waals surface area contributed by atoms with Crippen LogP contribution in [-0.2, 0) is 22.8 Å². The summed E-state index contributed by atoms with van der Waals surface area (Å²) in [6.45, 7) is 4.92. The molecule has 0 saturated carbocycles. The van der Waals surface area contributed by atoms with Gasteiger partial charge in [-0.25, -0.2) is 9.69 Å². The van der Waals surface area contributed by atoms with Gasteiger partial charge >= 0.3 is 6.03 Å². The SMILES string of the molecule is CCOc1cc(/C=C2\C(=O)NC(=O)N(c3ccc(OCc4ccc(Br)cc4)cc3)C2=O)cc(Br)c1OCc1c(C)ccc2ccccc12. The lowest BCUT2D eigenvalue weighted by Gasteiger charge is -2.26. The molecule has 1 saturated heterocycles. The molecule has 0 radical (unpaired) electrons. The topological polar surface area (TPSA) is 94.2 Å². The van der Waals surface area contributed by atoms with E-state index in [0.717, 1.165) is 36.8 Å². The van der Waals surface area contributed by atoms with Gasteiger partial charge in [-0.15, -0.1) is 0 Å². The van der Waals surface area contributed by atoms with E-state index in [1.807, 2.05) is 50.2 Å². The molecule has 4 amide bonds. The summed E-state index contributed by atoms with van der Waals surface area (Å²) in [6, 6.07) is 29.2. The lowest BCUT2D eigenvalue weighted by atomic mass is 10.0. The molecule has 1 aliphatic heterocycles. The number of carbonyl (C=O) groups is 3. The van der Waals surface area contributed by atoms with Gasteiger partial charge in [0.1, 0.15) is 24.5 Å². The minimum atomic E-state index is -0.839. The van der Waals surface area contributed by atoms with Crippen molar-refractivity contribution in [3.05, 3.63) is 134 Å². The fraction of sp³-hybridized carbons (Fsp3) is 0.132. The number of nitrogens with one attached hydrogen (secondary N) is 1. The second kappa shape index (κ2) is 14.5. The van der Waals surface area contributed by atoms with Crippen molar-refractivity contribution < 1.29 is 28.6 Å². The van der Waals surface area contributed by atoms with Crippen LogP contribution in [0.15, 0.2) is 112 Å². The molecule has 0 atom stereocenters. The Labute approximate surface area is 294 Å². The Balaban J connectivity index is 1.23. The van der Waals surface area contributed by atoms with Crippen molar-refractivity contribution >= 4 is 72.2 Å². The summed E-state index contributed by atoms with van der Waals surface area (Å²) >= 11 is 7.02. The highest BCUT2D eigenvalue weighted by molar-refractivity contribution is 9.10. The number of hydrogen-bond acceptors (Lipinski definition) is 6. The number of aryl methyl sites for hydroxylation is 1. The number of nitrogens with zero attached hydrogens (tertiary/aromatic N) is 1. The van der Waals surface area contributed by atoms with Crippen LogP contribution >= 0.6 is 31.9 Å². The minimum Gasteiger partial charge on any atom is -0.490 e. The van der Waals surface area contributed by atoms with E-state index in [9.17, 15) is 14.4 Å². The predicted molar refractivity (Wildman–Crippen MR) is 192 cm³/mol. The van der Waals surface area contributed by atoms with Crippen LogP contribution in [0.3, 0.4) is 0 Å². The second-order valence-electron chi connectivity index (χ2n) is 11.0. The Bertz CT molecular complexity index is 2060. The molecule has 5 aromatic rings. The second-order valence-corrected chi connectivity index (χ2v) is 12.8. The van der Waals surface area contributed by atoms with Gasteiger partial charge in [-0.05, 0) is 112 Å². The van der Waals surface area contributed by atoms with Gasteiger partial charge in [-0.2, -0.15) is 0 Å². The highest BCUT2D eigenvalue weighted by Crippen LogP contribution is 2.39. The number of amides is 4. The van der Waals surface area contributed by atoms with E-state index < -0.39 is 17.8 Å². The van der Waals surface area contributed by atoms with E-state index in [2.05, 4.69) is 61.4 Å². The third kappa shape index (κ3) is 7.14. The van der Waals surface area contributed by atoms with Crippen LogP contribution in [0.2, 0.25) is 0 Å². The highest BCUT2D eigenvalue weighted by atomic mass is 79.9. The quantitative estimate of drug-likeness (QED) is 0.113. The monoisotopic (exact) mass is 768 g/mol. The van der Waals surface area contributed by atoms with Crippen LogP contribution in [0.1, 0.15) is 29.2 Å². The lowest BCUT2D eigenvalue weighted by molar-refractivity contribution is -0.122. The van der Waals surface area contributed by atoms with Gasteiger partial charge in [0, 0.05) is 10.0 Å². The summed E-state index contributed by atoms with van der Waals surface area (Å²) in [6.07, 6.45) is 1.43. The van der Waals surface area contributed by atoms with Crippen molar-refractivity contribution in [2.45, 2.75) is 27.1 Å². The number of urea groups is 1. The van der Waals surface area contributed by atoms with Crippen molar-refractivity contribution in [3.63, 3.8) is 0 Å². The molecule has 0 unspecified atom stereocenters. The Morgan fingerprint density at radius 2 is 1.56 bits per heavy atom. The number of benzene rings is 5. The number of rotatable bonds is 10. The van der Waals surface area contributed by atoms with Crippen molar-refractivity contribution in [1.29, 1.82) is 0 Å². The number of fused-ring (bicyclic) bond motifs is 1. The van der Waals surface area contributed by atoms with Crippen LogP contribution in [-0.4, -0.2) is 24.5 Å². The molecule has 0 spiro atoms. The molecule has 242 valence electrons. The van der Waals surface area contributed by atoms with E-state index in [-0.39, 0.29) is 11.3 Å². The zero-order chi connectivity index (χ0) is 33.8. The number of carbonyl (C=O) groups excluding carboxylic acids is 3. The summed E-state index contributed by atoms with van der Waals surface area (Å²) in [7, 11) is 0. The number of imide groups is 2. The molecular weight excluding hydrogens is 740 g/mol. The summed E-state index contributed by atoms with van der Waals surface area (Å²) in [5.41, 5.74) is 3.73. The van der Waals surface area contributed by atoms with Gasteiger partial charge in [0.05, 0.1) is 16.8 Å². The molecular formula is C38H30Br2N2O6. The first-order valence-corrected chi connectivity index (χ1v) is 16.8. The lowest BCUT2D eigenvalue weighted by Crippen LogP contribution is -2.54. The zero-order valence-corrected chi connectivity index (χ0v) is 29.3. The molecule has 8 nitrogen and oxygen atoms in total. The van der Waals surface area contributed by atoms with Gasteiger partial charge < -0.3 is 14.2 Å². The average Bonchev–Trinajstić information content (AvgIpc) is 3.07. The molecule has 1 heterocycles. The number of barbiturate groups is 1. The van der Waals surface area contributed by atoms with Crippen LogP contribution in [0.25, 0.3) is 16.8 Å². The fourth-order valence-corrected chi connectivity index (χ4v) is 6.19. The summed E-state index contributed by atoms with van der Waals surface area (Å²) < 4.78 is 19.7. The van der Waals surface area contributed by atoms with Gasteiger partial charge in [-0.3, -0.25) is 14.9 Å². The molecule has 0 aromatic heterocycles. The van der Waals surface area contributed by atoms with E-state index in [1.165, 1.54) is 6.08 Å². The van der Waals surface area contributed by atoms with E-state index in [0.29, 0.717) is 47.1 Å². The molecule has 1 fully saturated rings. The summed E-state index contributed by atoms with van der Waals surface area (Å²) in [5, 5.41) is 4.50. The van der Waals surface area contributed by atoms with E-state index >= 15 is 0 Å². The minimum absolute atomic E-state index is 0.209. The predicted octanol–water partition coefficient (Wildman–Crippen LogP) is 8.90. The maximum atomic E-state index is 13.6. The standard InChI is InChI=1S/C38H30Br2N2O6/c1-3-46-34-20-25(19-33(40)35(34)48-22-32-23(2)8-11-26-6-4-5-7-30(26)32)18-31-36(43)41-38(45)42(37(31)44)28-14-16-29(17-15-28)47-21-24-9-12-27(39)13-10-24/h4-20H,3,21-22H2,1-2H3,(H,41,43,45)/b31-18+. The van der Waals surface area contributed by atoms with Crippen molar-refractivity contribution in [1.82, 2.24) is 5.32 Å². The Kier molecular flexibility index (Phi) is 9.93. The van der Waals surface area contributed by atoms with Gasteiger partial charge in [0.2, 0.25) is 0 Å². The van der Waals surface area contributed by atoms with Crippen LogP contribution in [0.4, 0.5) is 10.5 Å². The molecule has 1 aliphatic rings. The van der Waals surface area contributed by atoms with Crippen molar-refractivity contribution in [3.8, 4) is 17.2 Å². The zero-order valence-electron chi connectivity index (χ0n) is 26.1. The number of hydrogen-bond donors (Lipinski definition) is 1. The van der Waals surface area contributed by atoms with Crippen molar-refractivity contribution in [2.24, 2.45) is 0 Å². The maximum Gasteiger partial charge on any atom is 0.335 e. The molecule has 0 aliphatic carbocycles. The summed E-state index contributed by atoms with van der Waals surface area (Å²) in [5.74, 6) is -0.0637. The largest absolute Gasteiger partial charge is 0.490 e. The molecule has 6 rings (SSSR count). The molecule has 48 heavy (non-hydrogen) atoms. The Morgan fingerprint density at radius 1 is 0.812 bits per heavy atom. The van der Waals surface area contributed by atoms with Crippen LogP contribution < -0.4 is 24.4 Å². The van der Waals surface area contributed by atoms with E-state index in [1.54, 1.807) is 36.4 Å². The molecule has 5 aromatic carbocycles. The summed E-state index contributed by atoms with van der Waals surface area (Å²) in [4.78, 5) is 40.3. The third-order valence-electron chi connectivity index (χ3n) is 7.79. The maximum absolute atomic E-state index is 13.6. The number of halogens is 2. The van der Waals surface area contributed by atoms with E-state index in [4.69, 9.17) is 14.2 Å². The van der Waals surface area contributed by atoms with Gasteiger partial charge in [-0.1, -0.05) is 64.5 Å². The Morgan fingerprint density at radius 3 is 2.31 bits per heavy atom. The van der Waals surface area contributed by atoms with Gasteiger partial charge in [0.15, 0.2) is 11.5 Å². The van der Waals surface area contributed by atoms with Crippen molar-refractivity contribution in [2.75, 3.05) is 11.5 Å².